The van der Waals surface area contributed by atoms with E-state index in [1.165, 1.54) is 41.7 Å². The van der Waals surface area contributed by atoms with E-state index < -0.39 is 38.2 Å². The van der Waals surface area contributed by atoms with Gasteiger partial charge in [0.25, 0.3) is 5.92 Å². The van der Waals surface area contributed by atoms with Crippen LogP contribution in [0.2, 0.25) is 5.02 Å². The predicted molar refractivity (Wildman–Crippen MR) is 170 cm³/mol. The maximum absolute atomic E-state index is 17.0. The van der Waals surface area contributed by atoms with Gasteiger partial charge in [0.2, 0.25) is 15.9 Å². The van der Waals surface area contributed by atoms with Crippen molar-refractivity contribution < 1.29 is 26.7 Å². The van der Waals surface area contributed by atoms with E-state index in [0.717, 1.165) is 31.2 Å². The third-order valence-electron chi connectivity index (χ3n) is 9.59. The van der Waals surface area contributed by atoms with Crippen LogP contribution in [0.5, 0.6) is 5.75 Å². The van der Waals surface area contributed by atoms with Crippen LogP contribution in [0.25, 0.3) is 11.1 Å². The number of carbonyl (C=O) groups excluding carboxylic acids is 1. The van der Waals surface area contributed by atoms with E-state index in [0.29, 0.717) is 49.2 Å². The molecule has 11 heteroatoms. The van der Waals surface area contributed by atoms with Crippen molar-refractivity contribution in [3.63, 3.8) is 0 Å². The third-order valence-corrected chi connectivity index (χ3v) is 10.8. The number of halogens is 3. The summed E-state index contributed by atoms with van der Waals surface area (Å²) in [5, 5.41) is 9.40. The second-order valence-corrected chi connectivity index (χ2v) is 14.5. The first-order valence-corrected chi connectivity index (χ1v) is 17.5. The van der Waals surface area contributed by atoms with Gasteiger partial charge in [-0.2, -0.15) is 0 Å². The first-order valence-electron chi connectivity index (χ1n) is 15.6. The molecule has 1 amide bonds. The van der Waals surface area contributed by atoms with Crippen LogP contribution in [-0.4, -0.2) is 51.5 Å². The van der Waals surface area contributed by atoms with Gasteiger partial charge in [0.15, 0.2) is 0 Å². The molecule has 1 aliphatic carbocycles. The van der Waals surface area contributed by atoms with E-state index in [1.54, 1.807) is 36.4 Å². The fourth-order valence-electron chi connectivity index (χ4n) is 7.13. The Morgan fingerprint density at radius 2 is 1.64 bits per heavy atom. The molecule has 1 saturated carbocycles. The number of ether oxygens (including phenoxy) is 1. The SMILES string of the molecule is NS(=O)(=O)c1ccc(OCC2CCCCC2)cc1[C@@H](C(=O)N1CC[C@@H]2CNC[C@@H]21)C(F)(F)c1ccc(-c2ccc(Cl)cc2)cc1. The Hall–Kier alpha value is -3.05. The lowest BCUT2D eigenvalue weighted by atomic mass is 9.85. The van der Waals surface area contributed by atoms with Gasteiger partial charge in [-0.1, -0.05) is 67.3 Å². The molecule has 0 unspecified atom stereocenters. The van der Waals surface area contributed by atoms with Crippen LogP contribution < -0.4 is 15.2 Å². The molecule has 3 fully saturated rings. The number of primary sulfonamides is 1. The average molecular weight is 658 g/mol. The molecule has 2 heterocycles. The van der Waals surface area contributed by atoms with E-state index in [4.69, 9.17) is 21.5 Å². The van der Waals surface area contributed by atoms with Crippen molar-refractivity contribution in [3.8, 4) is 16.9 Å². The van der Waals surface area contributed by atoms with Gasteiger partial charge in [0.05, 0.1) is 11.5 Å². The monoisotopic (exact) mass is 657 g/mol. The Labute approximate surface area is 268 Å². The van der Waals surface area contributed by atoms with Crippen molar-refractivity contribution in [1.29, 1.82) is 0 Å². The topological polar surface area (TPSA) is 102 Å². The molecule has 3 N–H and O–H groups in total. The number of sulfonamides is 1. The number of benzene rings is 3. The molecule has 3 aromatic carbocycles. The first kappa shape index (κ1) is 31.9. The van der Waals surface area contributed by atoms with E-state index in [9.17, 15) is 13.2 Å². The van der Waals surface area contributed by atoms with Crippen molar-refractivity contribution in [1.82, 2.24) is 10.2 Å². The molecule has 240 valence electrons. The number of amides is 1. The zero-order valence-corrected chi connectivity index (χ0v) is 26.5. The maximum Gasteiger partial charge on any atom is 0.288 e. The Kier molecular flexibility index (Phi) is 9.21. The van der Waals surface area contributed by atoms with Crippen LogP contribution >= 0.6 is 11.6 Å². The number of hydrogen-bond donors (Lipinski definition) is 2. The minimum absolute atomic E-state index is 0.157. The smallest absolute Gasteiger partial charge is 0.288 e. The molecule has 0 aromatic heterocycles. The molecule has 7 nitrogen and oxygen atoms in total. The normalized spacial score (nSPS) is 21.5. The van der Waals surface area contributed by atoms with E-state index in [1.807, 2.05) is 0 Å². The van der Waals surface area contributed by atoms with Gasteiger partial charge in [-0.3, -0.25) is 4.79 Å². The van der Waals surface area contributed by atoms with Crippen LogP contribution in [0.15, 0.2) is 71.6 Å². The number of nitrogens with zero attached hydrogens (tertiary/aromatic N) is 1. The molecule has 3 aromatic rings. The summed E-state index contributed by atoms with van der Waals surface area (Å²) in [6.45, 7) is 1.91. The molecule has 0 spiro atoms. The number of carbonyl (C=O) groups is 1. The van der Waals surface area contributed by atoms with Crippen molar-refractivity contribution in [2.75, 3.05) is 26.2 Å². The summed E-state index contributed by atoms with van der Waals surface area (Å²) in [4.78, 5) is 15.3. The van der Waals surface area contributed by atoms with E-state index in [2.05, 4.69) is 5.32 Å². The number of alkyl halides is 2. The zero-order valence-electron chi connectivity index (χ0n) is 24.9. The summed E-state index contributed by atoms with van der Waals surface area (Å²) in [5.74, 6) is -6.05. The zero-order chi connectivity index (χ0) is 31.8. The molecule has 45 heavy (non-hydrogen) atoms. The standard InChI is InChI=1S/C34H38ClF2N3O4S/c35-27-12-8-24(9-13-27)23-6-10-26(11-7-23)34(36,37)32(33(41)40-17-16-25-19-39-20-30(25)40)29-18-28(14-15-31(29)45(38,42)43)44-21-22-4-2-1-3-5-22/h6-15,18,22,25,30,32,39H,1-5,16-17,19-21H2,(H2,38,42,43)/t25-,30+,32+/m1/s1. The number of likely N-dealkylation sites (tertiary alicyclic amines) is 1. The largest absolute Gasteiger partial charge is 0.493 e. The number of rotatable bonds is 9. The lowest BCUT2D eigenvalue weighted by molar-refractivity contribution is -0.145. The van der Waals surface area contributed by atoms with E-state index in [-0.39, 0.29) is 23.3 Å². The average Bonchev–Trinajstić information content (AvgIpc) is 3.65. The van der Waals surface area contributed by atoms with Crippen LogP contribution in [0.4, 0.5) is 8.78 Å². The van der Waals surface area contributed by atoms with Crippen LogP contribution in [0.3, 0.4) is 0 Å². The fraction of sp³-hybridized carbons (Fsp3) is 0.441. The van der Waals surface area contributed by atoms with E-state index >= 15 is 8.78 Å². The lowest BCUT2D eigenvalue weighted by Crippen LogP contribution is -2.46. The molecule has 2 saturated heterocycles. The molecule has 3 aliphatic rings. The summed E-state index contributed by atoms with van der Waals surface area (Å²) in [6, 6.07) is 16.4. The van der Waals surface area contributed by atoms with Crippen LogP contribution in [0, 0.1) is 11.8 Å². The number of nitrogens with one attached hydrogen (secondary N) is 1. The van der Waals surface area contributed by atoms with Crippen molar-refractivity contribution >= 4 is 27.5 Å². The highest BCUT2D eigenvalue weighted by atomic mass is 35.5. The van der Waals surface area contributed by atoms with Gasteiger partial charge in [-0.15, -0.1) is 0 Å². The third kappa shape index (κ3) is 6.75. The molecule has 2 aliphatic heterocycles. The van der Waals surface area contributed by atoms with Crippen molar-refractivity contribution in [3.05, 3.63) is 82.9 Å². The van der Waals surface area contributed by atoms with Gasteiger partial charge in [-0.05, 0) is 78.1 Å². The van der Waals surface area contributed by atoms with Crippen molar-refractivity contribution in [2.24, 2.45) is 17.0 Å². The molecule has 0 bridgehead atoms. The molecule has 6 rings (SSSR count). The van der Waals surface area contributed by atoms with Gasteiger partial charge in [0.1, 0.15) is 11.7 Å². The molecular formula is C34H38ClF2N3O4S. The van der Waals surface area contributed by atoms with Crippen LogP contribution in [-0.2, 0) is 20.7 Å². The minimum atomic E-state index is -4.48. The van der Waals surface area contributed by atoms with Gasteiger partial charge in [0, 0.05) is 36.3 Å². The maximum atomic E-state index is 17.0. The van der Waals surface area contributed by atoms with Crippen LogP contribution in [0.1, 0.15) is 55.6 Å². The molecule has 0 radical (unpaired) electrons. The number of hydrogen-bond acceptors (Lipinski definition) is 5. The highest BCUT2D eigenvalue weighted by Gasteiger charge is 2.53. The quantitative estimate of drug-likeness (QED) is 0.281. The summed E-state index contributed by atoms with van der Waals surface area (Å²) >= 11 is 6.01. The second kappa shape index (κ2) is 13.0. The Morgan fingerprint density at radius 3 is 2.31 bits per heavy atom. The highest BCUT2D eigenvalue weighted by molar-refractivity contribution is 7.89. The molecular weight excluding hydrogens is 620 g/mol. The highest BCUT2D eigenvalue weighted by Crippen LogP contribution is 2.47. The minimum Gasteiger partial charge on any atom is -0.493 e. The summed E-state index contributed by atoms with van der Waals surface area (Å²) in [6.07, 6.45) is 6.10. The Bertz CT molecular complexity index is 1630. The fourth-order valence-corrected chi connectivity index (χ4v) is 8.02. The number of fused-ring (bicyclic) bond motifs is 1. The van der Waals surface area contributed by atoms with Crippen molar-refractivity contribution in [2.45, 2.75) is 61.3 Å². The first-order chi connectivity index (χ1) is 21.5. The number of nitrogens with two attached hydrogens (primary N) is 1. The Morgan fingerprint density at radius 1 is 0.978 bits per heavy atom. The Balaban J connectivity index is 1.41. The van der Waals surface area contributed by atoms with Gasteiger partial charge >= 0.3 is 0 Å². The lowest BCUT2D eigenvalue weighted by Gasteiger charge is -2.34. The van der Waals surface area contributed by atoms with Gasteiger partial charge in [-0.25, -0.2) is 22.3 Å². The predicted octanol–water partition coefficient (Wildman–Crippen LogP) is 6.31. The second-order valence-electron chi connectivity index (χ2n) is 12.5. The van der Waals surface area contributed by atoms with Gasteiger partial charge < -0.3 is 15.0 Å². The summed E-state index contributed by atoms with van der Waals surface area (Å²) in [7, 11) is -4.48. The summed E-state index contributed by atoms with van der Waals surface area (Å²) in [5.41, 5.74) is 0.715. The molecule has 3 atom stereocenters. The summed E-state index contributed by atoms with van der Waals surface area (Å²) < 4.78 is 65.6.